The molecular formula is C20H25N3O2. The van der Waals surface area contributed by atoms with E-state index in [1.165, 1.54) is 0 Å². The lowest BCUT2D eigenvalue weighted by atomic mass is 10.0. The van der Waals surface area contributed by atoms with Crippen molar-refractivity contribution in [3.63, 3.8) is 0 Å². The molecule has 5 heteroatoms. The molecule has 0 radical (unpaired) electrons. The fraction of sp³-hybridized carbons (Fsp3) is 0.350. The second kappa shape index (κ2) is 7.92. The molecule has 132 valence electrons. The Hall–Kier alpha value is -2.69. The Kier molecular flexibility index (Phi) is 5.43. The van der Waals surface area contributed by atoms with Gasteiger partial charge in [-0.3, -0.25) is 0 Å². The minimum Gasteiger partial charge on any atom is -0.493 e. The molecule has 2 unspecified atom stereocenters. The van der Waals surface area contributed by atoms with E-state index in [0.29, 0.717) is 19.1 Å². The molecule has 1 heterocycles. The van der Waals surface area contributed by atoms with Gasteiger partial charge in [-0.1, -0.05) is 36.4 Å². The average Bonchev–Trinajstić information content (AvgIpc) is 2.62. The third kappa shape index (κ3) is 4.44. The van der Waals surface area contributed by atoms with Crippen molar-refractivity contribution >= 4 is 5.96 Å². The normalized spacial score (nSPS) is 18.0. The van der Waals surface area contributed by atoms with Crippen molar-refractivity contribution in [2.45, 2.75) is 32.4 Å². The summed E-state index contributed by atoms with van der Waals surface area (Å²) in [6.45, 7) is 5.20. The van der Waals surface area contributed by atoms with Gasteiger partial charge in [0.25, 0.3) is 0 Å². The fourth-order valence-electron chi connectivity index (χ4n) is 2.89. The van der Waals surface area contributed by atoms with Crippen LogP contribution in [0, 0.1) is 6.92 Å². The Morgan fingerprint density at radius 2 is 2.04 bits per heavy atom. The van der Waals surface area contributed by atoms with Crippen LogP contribution in [0.1, 0.15) is 30.5 Å². The molecule has 0 aliphatic carbocycles. The standard InChI is InChI=1S/C20H25N3O2/c1-14-7-3-5-9-18(14)25-15(2)13-22-20(21)23-17-11-12-24-19-10-6-4-8-16(17)19/h3-10,15,17H,11-13H2,1-2H3,(H3,21,22,23). The predicted molar refractivity (Wildman–Crippen MR) is 100 cm³/mol. The quantitative estimate of drug-likeness (QED) is 0.648. The van der Waals surface area contributed by atoms with E-state index in [0.717, 1.165) is 29.0 Å². The van der Waals surface area contributed by atoms with E-state index in [2.05, 4.69) is 16.4 Å². The lowest BCUT2D eigenvalue weighted by Gasteiger charge is -2.27. The molecule has 1 aliphatic rings. The van der Waals surface area contributed by atoms with Gasteiger partial charge in [-0.05, 0) is 31.5 Å². The third-order valence-electron chi connectivity index (χ3n) is 4.22. The number of nitrogens with two attached hydrogens (primary N) is 1. The first-order chi connectivity index (χ1) is 12.1. The number of nitrogens with one attached hydrogen (secondary N) is 1. The molecule has 0 spiro atoms. The number of rotatable bonds is 5. The summed E-state index contributed by atoms with van der Waals surface area (Å²) in [6.07, 6.45) is 0.811. The van der Waals surface area contributed by atoms with E-state index in [9.17, 15) is 0 Å². The minimum absolute atomic E-state index is 0.0524. The number of hydrogen-bond donors (Lipinski definition) is 2. The summed E-state index contributed by atoms with van der Waals surface area (Å²) < 4.78 is 11.6. The predicted octanol–water partition coefficient (Wildman–Crippen LogP) is 3.19. The summed E-state index contributed by atoms with van der Waals surface area (Å²) >= 11 is 0. The molecule has 2 atom stereocenters. The number of para-hydroxylation sites is 2. The number of nitrogens with zero attached hydrogens (tertiary/aromatic N) is 1. The van der Waals surface area contributed by atoms with Gasteiger partial charge >= 0.3 is 0 Å². The van der Waals surface area contributed by atoms with E-state index in [1.807, 2.05) is 56.3 Å². The van der Waals surface area contributed by atoms with Crippen LogP contribution in [0.3, 0.4) is 0 Å². The second-order valence-corrected chi connectivity index (χ2v) is 6.29. The van der Waals surface area contributed by atoms with Gasteiger partial charge in [0.1, 0.15) is 17.6 Å². The van der Waals surface area contributed by atoms with Gasteiger partial charge < -0.3 is 20.5 Å². The first kappa shape index (κ1) is 17.1. The number of aryl methyl sites for hydroxylation is 1. The van der Waals surface area contributed by atoms with E-state index >= 15 is 0 Å². The van der Waals surface area contributed by atoms with Crippen LogP contribution in [-0.2, 0) is 0 Å². The molecule has 0 amide bonds. The van der Waals surface area contributed by atoms with Crippen LogP contribution in [-0.4, -0.2) is 25.2 Å². The van der Waals surface area contributed by atoms with Crippen molar-refractivity contribution < 1.29 is 9.47 Å². The molecule has 3 rings (SSSR count). The van der Waals surface area contributed by atoms with Gasteiger partial charge in [0.15, 0.2) is 5.96 Å². The van der Waals surface area contributed by atoms with Crippen LogP contribution < -0.4 is 20.5 Å². The Morgan fingerprint density at radius 3 is 2.88 bits per heavy atom. The van der Waals surface area contributed by atoms with Crippen molar-refractivity contribution in [1.82, 2.24) is 5.32 Å². The summed E-state index contributed by atoms with van der Waals surface area (Å²) in [4.78, 5) is 4.43. The molecule has 0 fully saturated rings. The van der Waals surface area contributed by atoms with Gasteiger partial charge in [-0.15, -0.1) is 0 Å². The second-order valence-electron chi connectivity index (χ2n) is 6.29. The first-order valence-electron chi connectivity index (χ1n) is 8.64. The highest BCUT2D eigenvalue weighted by atomic mass is 16.5. The van der Waals surface area contributed by atoms with Crippen molar-refractivity contribution in [3.05, 3.63) is 59.7 Å². The summed E-state index contributed by atoms with van der Waals surface area (Å²) in [5.74, 6) is 2.23. The highest BCUT2D eigenvalue weighted by Gasteiger charge is 2.21. The molecule has 0 aromatic heterocycles. The Morgan fingerprint density at radius 1 is 1.28 bits per heavy atom. The Balaban J connectivity index is 1.57. The molecule has 5 nitrogen and oxygen atoms in total. The molecule has 25 heavy (non-hydrogen) atoms. The van der Waals surface area contributed by atoms with E-state index in [1.54, 1.807) is 0 Å². The number of ether oxygens (including phenoxy) is 2. The molecule has 0 saturated heterocycles. The summed E-state index contributed by atoms with van der Waals surface area (Å²) in [6, 6.07) is 16.1. The van der Waals surface area contributed by atoms with E-state index < -0.39 is 0 Å². The lowest BCUT2D eigenvalue weighted by Crippen LogP contribution is -2.38. The number of hydrogen-bond acceptors (Lipinski definition) is 3. The number of guanidine groups is 1. The smallest absolute Gasteiger partial charge is 0.189 e. The van der Waals surface area contributed by atoms with Crippen LogP contribution in [0.15, 0.2) is 53.5 Å². The van der Waals surface area contributed by atoms with E-state index in [4.69, 9.17) is 15.2 Å². The van der Waals surface area contributed by atoms with Crippen molar-refractivity contribution in [2.24, 2.45) is 10.7 Å². The van der Waals surface area contributed by atoms with Gasteiger partial charge in [0, 0.05) is 12.0 Å². The van der Waals surface area contributed by atoms with Crippen molar-refractivity contribution in [3.8, 4) is 11.5 Å². The number of fused-ring (bicyclic) bond motifs is 1. The molecule has 0 bridgehead atoms. The highest BCUT2D eigenvalue weighted by Crippen LogP contribution is 2.31. The zero-order valence-electron chi connectivity index (χ0n) is 14.7. The molecule has 3 N–H and O–H groups in total. The third-order valence-corrected chi connectivity index (χ3v) is 4.22. The summed E-state index contributed by atoms with van der Waals surface area (Å²) in [7, 11) is 0. The topological polar surface area (TPSA) is 68.9 Å². The van der Waals surface area contributed by atoms with Crippen LogP contribution in [0.25, 0.3) is 0 Å². The van der Waals surface area contributed by atoms with Crippen molar-refractivity contribution in [2.75, 3.05) is 13.2 Å². The lowest BCUT2D eigenvalue weighted by molar-refractivity contribution is 0.228. The van der Waals surface area contributed by atoms with E-state index in [-0.39, 0.29) is 12.1 Å². The van der Waals surface area contributed by atoms with Gasteiger partial charge in [-0.2, -0.15) is 0 Å². The zero-order chi connectivity index (χ0) is 17.6. The SMILES string of the molecule is Cc1ccccc1OC(C)CN=C(N)NC1CCOc2ccccc21. The summed E-state index contributed by atoms with van der Waals surface area (Å²) in [5, 5.41) is 3.30. The largest absolute Gasteiger partial charge is 0.493 e. The molecule has 1 aliphatic heterocycles. The van der Waals surface area contributed by atoms with Gasteiger partial charge in [0.05, 0.1) is 19.2 Å². The molecule has 2 aromatic rings. The average molecular weight is 339 g/mol. The molecule has 0 saturated carbocycles. The van der Waals surface area contributed by atoms with Gasteiger partial charge in [-0.25, -0.2) is 4.99 Å². The molecule has 2 aromatic carbocycles. The highest BCUT2D eigenvalue weighted by molar-refractivity contribution is 5.78. The number of benzene rings is 2. The zero-order valence-corrected chi connectivity index (χ0v) is 14.7. The molecular weight excluding hydrogens is 314 g/mol. The van der Waals surface area contributed by atoms with Gasteiger partial charge in [0.2, 0.25) is 0 Å². The Bertz CT molecular complexity index is 745. The first-order valence-corrected chi connectivity index (χ1v) is 8.64. The summed E-state index contributed by atoms with van der Waals surface area (Å²) in [5.41, 5.74) is 8.31. The maximum Gasteiger partial charge on any atom is 0.189 e. The van der Waals surface area contributed by atoms with Crippen molar-refractivity contribution in [1.29, 1.82) is 0 Å². The van der Waals surface area contributed by atoms with Crippen LogP contribution >= 0.6 is 0 Å². The number of aliphatic imine (C=N–C) groups is 1. The minimum atomic E-state index is -0.0524. The fourth-order valence-corrected chi connectivity index (χ4v) is 2.89. The Labute approximate surface area is 148 Å². The maximum absolute atomic E-state index is 6.08. The van der Waals surface area contributed by atoms with Crippen LogP contribution in [0.2, 0.25) is 0 Å². The van der Waals surface area contributed by atoms with Crippen LogP contribution in [0.5, 0.6) is 11.5 Å². The van der Waals surface area contributed by atoms with Crippen LogP contribution in [0.4, 0.5) is 0 Å². The monoisotopic (exact) mass is 339 g/mol. The maximum atomic E-state index is 6.08.